The molecule has 31 heavy (non-hydrogen) atoms. The number of rotatable bonds is 5. The Morgan fingerprint density at radius 2 is 1.71 bits per heavy atom. The van der Waals surface area contributed by atoms with E-state index in [0.29, 0.717) is 38.3 Å². The predicted molar refractivity (Wildman–Crippen MR) is 110 cm³/mol. The fourth-order valence-electron chi connectivity index (χ4n) is 3.54. The highest BCUT2D eigenvalue weighted by molar-refractivity contribution is 5.86. The lowest BCUT2D eigenvalue weighted by atomic mass is 10.0. The Kier molecular flexibility index (Phi) is 7.04. The Bertz CT molecular complexity index is 898. The summed E-state index contributed by atoms with van der Waals surface area (Å²) < 4.78 is 43.6. The van der Waals surface area contributed by atoms with Crippen LogP contribution in [-0.2, 0) is 22.1 Å². The van der Waals surface area contributed by atoms with Gasteiger partial charge in [-0.25, -0.2) is 4.79 Å². The molecule has 1 saturated heterocycles. The smallest absolute Gasteiger partial charge is 0.416 e. The van der Waals surface area contributed by atoms with Crippen LogP contribution in [0, 0.1) is 0 Å². The topological polar surface area (TPSA) is 61.9 Å². The quantitative estimate of drug-likeness (QED) is 0.783. The summed E-state index contributed by atoms with van der Waals surface area (Å²) in [5.74, 6) is -0.252. The fourth-order valence-corrected chi connectivity index (χ4v) is 3.54. The van der Waals surface area contributed by atoms with E-state index in [4.69, 9.17) is 0 Å². The van der Waals surface area contributed by atoms with Crippen molar-refractivity contribution in [1.29, 1.82) is 0 Å². The number of methoxy groups -OCH3 is 1. The van der Waals surface area contributed by atoms with Gasteiger partial charge >= 0.3 is 12.3 Å². The molecular weight excluding hydrogens is 411 g/mol. The first-order valence-corrected chi connectivity index (χ1v) is 9.87. The number of carbonyl (C=O) groups is 2. The minimum atomic E-state index is -4.40. The molecule has 166 valence electrons. The fraction of sp³-hybridized carbons (Fsp3) is 0.364. The highest BCUT2D eigenvalue weighted by atomic mass is 19.4. The molecule has 0 saturated carbocycles. The van der Waals surface area contributed by atoms with E-state index >= 15 is 0 Å². The minimum Gasteiger partial charge on any atom is -0.453 e. The molecule has 0 aliphatic carbocycles. The van der Waals surface area contributed by atoms with Crippen LogP contribution in [0.4, 0.5) is 23.7 Å². The average Bonchev–Trinajstić information content (AvgIpc) is 2.78. The third kappa shape index (κ3) is 5.90. The molecule has 1 atom stereocenters. The summed E-state index contributed by atoms with van der Waals surface area (Å²) >= 11 is 0. The first-order valence-electron chi connectivity index (χ1n) is 9.87. The van der Waals surface area contributed by atoms with E-state index in [1.54, 1.807) is 11.0 Å². The van der Waals surface area contributed by atoms with Crippen molar-refractivity contribution in [2.45, 2.75) is 18.6 Å². The van der Waals surface area contributed by atoms with Gasteiger partial charge in [-0.15, -0.1) is 0 Å². The molecule has 1 fully saturated rings. The summed E-state index contributed by atoms with van der Waals surface area (Å²) in [5.41, 5.74) is 0.656. The number of piperazine rings is 1. The Morgan fingerprint density at radius 1 is 1.03 bits per heavy atom. The number of alkyl carbamates (subject to hydrolysis) is 1. The van der Waals surface area contributed by atoms with Crippen LogP contribution in [0.15, 0.2) is 54.6 Å². The second-order valence-corrected chi connectivity index (χ2v) is 7.24. The average molecular weight is 435 g/mol. The molecule has 2 aromatic rings. The van der Waals surface area contributed by atoms with E-state index in [9.17, 15) is 22.8 Å². The number of nitrogens with zero attached hydrogens (tertiary/aromatic N) is 2. The molecule has 3 rings (SSSR count). The van der Waals surface area contributed by atoms with Gasteiger partial charge in [0.1, 0.15) is 6.04 Å². The number of carbonyl (C=O) groups excluding carboxylic acids is 2. The molecule has 0 bridgehead atoms. The highest BCUT2D eigenvalue weighted by Gasteiger charge is 2.32. The van der Waals surface area contributed by atoms with E-state index < -0.39 is 23.9 Å². The van der Waals surface area contributed by atoms with Crippen LogP contribution in [0.3, 0.4) is 0 Å². The molecule has 1 N–H and O–H groups in total. The summed E-state index contributed by atoms with van der Waals surface area (Å²) in [6.45, 7) is 1.46. The van der Waals surface area contributed by atoms with Crippen LogP contribution in [0.25, 0.3) is 0 Å². The molecule has 0 spiro atoms. The zero-order chi connectivity index (χ0) is 22.4. The number of benzene rings is 2. The van der Waals surface area contributed by atoms with E-state index in [-0.39, 0.29) is 5.91 Å². The molecule has 1 aliphatic rings. The molecule has 1 heterocycles. The molecule has 9 heteroatoms. The number of alkyl halides is 3. The van der Waals surface area contributed by atoms with Gasteiger partial charge in [-0.2, -0.15) is 13.2 Å². The van der Waals surface area contributed by atoms with Crippen LogP contribution in [0.5, 0.6) is 0 Å². The van der Waals surface area contributed by atoms with Gasteiger partial charge in [0.2, 0.25) is 5.91 Å². The Morgan fingerprint density at radius 3 is 2.32 bits per heavy atom. The van der Waals surface area contributed by atoms with Gasteiger partial charge < -0.3 is 19.9 Å². The van der Waals surface area contributed by atoms with Crippen molar-refractivity contribution in [3.8, 4) is 0 Å². The molecule has 0 aromatic heterocycles. The van der Waals surface area contributed by atoms with E-state index in [0.717, 1.165) is 17.7 Å². The first-order chi connectivity index (χ1) is 14.8. The van der Waals surface area contributed by atoms with Gasteiger partial charge in [0, 0.05) is 38.3 Å². The number of halogens is 3. The summed E-state index contributed by atoms with van der Waals surface area (Å²) in [6, 6.07) is 13.7. The van der Waals surface area contributed by atoms with Crippen LogP contribution in [-0.4, -0.2) is 56.2 Å². The van der Waals surface area contributed by atoms with E-state index in [2.05, 4.69) is 10.1 Å². The van der Waals surface area contributed by atoms with Crippen LogP contribution in [0.1, 0.15) is 11.1 Å². The van der Waals surface area contributed by atoms with E-state index in [1.165, 1.54) is 13.2 Å². The molecule has 2 aromatic carbocycles. The van der Waals surface area contributed by atoms with Gasteiger partial charge in [0.15, 0.2) is 0 Å². The van der Waals surface area contributed by atoms with E-state index in [1.807, 2.05) is 35.2 Å². The summed E-state index contributed by atoms with van der Waals surface area (Å²) in [6.07, 6.45) is -4.79. The lowest BCUT2D eigenvalue weighted by molar-refractivity contribution is -0.137. The molecule has 6 nitrogen and oxygen atoms in total. The molecule has 0 radical (unpaired) electrons. The normalized spacial score (nSPS) is 15.4. The monoisotopic (exact) mass is 435 g/mol. The number of anilines is 1. The maximum absolute atomic E-state index is 13.1. The van der Waals surface area contributed by atoms with Crippen molar-refractivity contribution in [3.63, 3.8) is 0 Å². The number of ether oxygens (including phenoxy) is 1. The predicted octanol–water partition coefficient (Wildman–Crippen LogP) is 3.32. The number of hydrogen-bond donors (Lipinski definition) is 1. The van der Waals surface area contributed by atoms with Crippen molar-refractivity contribution < 1.29 is 27.5 Å². The van der Waals surface area contributed by atoms with Gasteiger partial charge in [-0.3, -0.25) is 4.79 Å². The maximum Gasteiger partial charge on any atom is 0.416 e. The van der Waals surface area contributed by atoms with Crippen molar-refractivity contribution in [3.05, 3.63) is 65.7 Å². The standard InChI is InChI=1S/C22H24F3N3O3/c1-31-21(30)26-19(14-16-6-3-2-4-7-16)20(29)28-12-10-27(11-13-28)18-9-5-8-17(15-18)22(23,24)25/h2-9,15,19H,10-14H2,1H3,(H,26,30). The largest absolute Gasteiger partial charge is 0.453 e. The van der Waals surface area contributed by atoms with Gasteiger partial charge in [0.05, 0.1) is 12.7 Å². The van der Waals surface area contributed by atoms with Crippen molar-refractivity contribution in [1.82, 2.24) is 10.2 Å². The summed E-state index contributed by atoms with van der Waals surface area (Å²) in [4.78, 5) is 28.3. The van der Waals surface area contributed by atoms with Gasteiger partial charge in [-0.1, -0.05) is 36.4 Å². The number of hydrogen-bond acceptors (Lipinski definition) is 4. The van der Waals surface area contributed by atoms with Crippen LogP contribution < -0.4 is 10.2 Å². The zero-order valence-corrected chi connectivity index (χ0v) is 17.1. The van der Waals surface area contributed by atoms with Crippen molar-refractivity contribution in [2.75, 3.05) is 38.2 Å². The highest BCUT2D eigenvalue weighted by Crippen LogP contribution is 2.31. The summed E-state index contributed by atoms with van der Waals surface area (Å²) in [5, 5.41) is 2.59. The first kappa shape index (κ1) is 22.5. The SMILES string of the molecule is COC(=O)NC(Cc1ccccc1)C(=O)N1CCN(c2cccc(C(F)(F)F)c2)CC1. The third-order valence-corrected chi connectivity index (χ3v) is 5.19. The molecule has 1 aliphatic heterocycles. The third-order valence-electron chi connectivity index (χ3n) is 5.19. The Balaban J connectivity index is 1.66. The summed E-state index contributed by atoms with van der Waals surface area (Å²) in [7, 11) is 1.23. The zero-order valence-electron chi connectivity index (χ0n) is 17.1. The lowest BCUT2D eigenvalue weighted by Gasteiger charge is -2.37. The second kappa shape index (κ2) is 9.72. The van der Waals surface area contributed by atoms with Gasteiger partial charge in [-0.05, 0) is 23.8 Å². The van der Waals surface area contributed by atoms with Crippen LogP contribution in [0.2, 0.25) is 0 Å². The number of nitrogens with one attached hydrogen (secondary N) is 1. The Hall–Kier alpha value is -3.23. The minimum absolute atomic E-state index is 0.252. The second-order valence-electron chi connectivity index (χ2n) is 7.24. The Labute approximate surface area is 178 Å². The number of amides is 2. The molecular formula is C22H24F3N3O3. The van der Waals surface area contributed by atoms with Crippen LogP contribution >= 0.6 is 0 Å². The lowest BCUT2D eigenvalue weighted by Crippen LogP contribution is -2.55. The van der Waals surface area contributed by atoms with Crippen molar-refractivity contribution >= 4 is 17.7 Å². The molecule has 2 amide bonds. The van der Waals surface area contributed by atoms with Gasteiger partial charge in [0.25, 0.3) is 0 Å². The van der Waals surface area contributed by atoms with Crippen molar-refractivity contribution in [2.24, 2.45) is 0 Å². The maximum atomic E-state index is 13.1. The molecule has 1 unspecified atom stereocenters.